The van der Waals surface area contributed by atoms with Crippen molar-refractivity contribution in [2.24, 2.45) is 0 Å². The minimum atomic E-state index is -0.299. The highest BCUT2D eigenvalue weighted by atomic mass is 79.9. The van der Waals surface area contributed by atoms with Crippen LogP contribution in [0.15, 0.2) is 22.7 Å². The van der Waals surface area contributed by atoms with E-state index < -0.39 is 0 Å². The Morgan fingerprint density at radius 3 is 2.70 bits per heavy atom. The van der Waals surface area contributed by atoms with Crippen LogP contribution >= 0.6 is 27.3 Å². The summed E-state index contributed by atoms with van der Waals surface area (Å²) < 4.78 is 0.771. The van der Waals surface area contributed by atoms with Crippen LogP contribution in [-0.4, -0.2) is 34.0 Å². The summed E-state index contributed by atoms with van der Waals surface area (Å²) in [6.45, 7) is 0.142. The zero-order valence-corrected chi connectivity index (χ0v) is 12.8. The molecular weight excluding hydrogens is 344 g/mol. The van der Waals surface area contributed by atoms with Gasteiger partial charge in [-0.15, -0.1) is 10.2 Å². The number of halogens is 1. The number of rotatable bonds is 3. The van der Waals surface area contributed by atoms with E-state index in [9.17, 15) is 9.59 Å². The van der Waals surface area contributed by atoms with Crippen molar-refractivity contribution in [1.29, 1.82) is 0 Å². The number of fused-ring (bicyclic) bond motifs is 1. The first-order valence-electron chi connectivity index (χ1n) is 5.76. The van der Waals surface area contributed by atoms with E-state index in [1.807, 2.05) is 0 Å². The molecule has 3 rings (SSSR count). The molecule has 0 spiro atoms. The average molecular weight is 353 g/mol. The minimum absolute atomic E-state index is 0.142. The Hall–Kier alpha value is -1.80. The van der Waals surface area contributed by atoms with Crippen molar-refractivity contribution in [3.8, 4) is 0 Å². The van der Waals surface area contributed by atoms with Crippen molar-refractivity contribution in [2.75, 3.05) is 12.4 Å². The normalized spacial score (nSPS) is 13.8. The zero-order chi connectivity index (χ0) is 14.3. The van der Waals surface area contributed by atoms with Gasteiger partial charge in [0.05, 0.1) is 17.7 Å². The molecule has 6 nitrogen and oxygen atoms in total. The Labute approximate surface area is 126 Å². The van der Waals surface area contributed by atoms with Crippen LogP contribution in [0.1, 0.15) is 25.7 Å². The van der Waals surface area contributed by atoms with Crippen molar-refractivity contribution in [2.45, 2.75) is 6.54 Å². The quantitative estimate of drug-likeness (QED) is 0.856. The molecule has 0 fully saturated rings. The van der Waals surface area contributed by atoms with Crippen LogP contribution in [-0.2, 0) is 6.54 Å². The zero-order valence-electron chi connectivity index (χ0n) is 10.4. The first kappa shape index (κ1) is 13.2. The summed E-state index contributed by atoms with van der Waals surface area (Å²) in [6, 6.07) is 5.06. The van der Waals surface area contributed by atoms with Crippen molar-refractivity contribution in [3.05, 3.63) is 38.8 Å². The lowest BCUT2D eigenvalue weighted by atomic mass is 10.1. The van der Waals surface area contributed by atoms with Gasteiger partial charge in [0, 0.05) is 11.5 Å². The molecule has 0 saturated heterocycles. The van der Waals surface area contributed by atoms with Crippen LogP contribution in [0.25, 0.3) is 0 Å². The van der Waals surface area contributed by atoms with Crippen LogP contribution in [0.4, 0.5) is 5.13 Å². The maximum atomic E-state index is 12.3. The van der Waals surface area contributed by atoms with Crippen LogP contribution < -0.4 is 5.32 Å². The van der Waals surface area contributed by atoms with Gasteiger partial charge in [0.2, 0.25) is 5.13 Å². The third-order valence-electron chi connectivity index (χ3n) is 2.91. The summed E-state index contributed by atoms with van der Waals surface area (Å²) >= 11 is 4.62. The summed E-state index contributed by atoms with van der Waals surface area (Å²) in [5.74, 6) is -0.591. The highest BCUT2D eigenvalue weighted by molar-refractivity contribution is 9.10. The van der Waals surface area contributed by atoms with Crippen LogP contribution in [0.2, 0.25) is 0 Å². The fourth-order valence-corrected chi connectivity index (χ4v) is 3.00. The highest BCUT2D eigenvalue weighted by Gasteiger charge is 2.36. The topological polar surface area (TPSA) is 75.2 Å². The van der Waals surface area contributed by atoms with Gasteiger partial charge >= 0.3 is 0 Å². The van der Waals surface area contributed by atoms with Crippen molar-refractivity contribution < 1.29 is 9.59 Å². The molecular formula is C12H9BrN4O2S. The third-order valence-corrected chi connectivity index (χ3v) is 4.33. The molecule has 0 atom stereocenters. The SMILES string of the molecule is CNc1nnc(CN2C(=O)c3ccc(Br)cc3C2=O)s1. The Bertz CT molecular complexity index is 715. The number of carbonyl (C=O) groups excluding carboxylic acids is 2. The van der Waals surface area contributed by atoms with E-state index in [4.69, 9.17) is 0 Å². The predicted molar refractivity (Wildman–Crippen MR) is 77.8 cm³/mol. The number of amides is 2. The fraction of sp³-hybridized carbons (Fsp3) is 0.167. The minimum Gasteiger partial charge on any atom is -0.363 e. The molecule has 2 aromatic rings. The van der Waals surface area contributed by atoms with Crippen molar-refractivity contribution >= 4 is 44.2 Å². The smallest absolute Gasteiger partial charge is 0.261 e. The third kappa shape index (κ3) is 2.10. The fourth-order valence-electron chi connectivity index (χ4n) is 1.96. The number of nitrogens with one attached hydrogen (secondary N) is 1. The van der Waals surface area contributed by atoms with E-state index in [-0.39, 0.29) is 18.4 Å². The summed E-state index contributed by atoms with van der Waals surface area (Å²) in [5, 5.41) is 12.0. The van der Waals surface area contributed by atoms with E-state index in [0.29, 0.717) is 21.3 Å². The lowest BCUT2D eigenvalue weighted by Gasteiger charge is -2.10. The first-order chi connectivity index (χ1) is 9.60. The van der Waals surface area contributed by atoms with Crippen LogP contribution in [0.3, 0.4) is 0 Å². The maximum absolute atomic E-state index is 12.3. The second-order valence-corrected chi connectivity index (χ2v) is 6.12. The number of imide groups is 1. The standard InChI is InChI=1S/C12H9BrN4O2S/c1-14-12-16-15-9(20-12)5-17-10(18)7-3-2-6(13)4-8(7)11(17)19/h2-4H,5H2,1H3,(H,14,16). The Balaban J connectivity index is 1.89. The molecule has 2 heterocycles. The van der Waals surface area contributed by atoms with E-state index in [1.54, 1.807) is 25.2 Å². The van der Waals surface area contributed by atoms with Crippen molar-refractivity contribution in [1.82, 2.24) is 15.1 Å². The molecule has 2 amide bonds. The van der Waals surface area contributed by atoms with Gasteiger partial charge in [-0.1, -0.05) is 27.3 Å². The van der Waals surface area contributed by atoms with E-state index in [1.165, 1.54) is 16.2 Å². The highest BCUT2D eigenvalue weighted by Crippen LogP contribution is 2.28. The molecule has 20 heavy (non-hydrogen) atoms. The monoisotopic (exact) mass is 352 g/mol. The molecule has 1 N–H and O–H groups in total. The molecule has 1 aromatic heterocycles. The van der Waals surface area contributed by atoms with Crippen molar-refractivity contribution in [3.63, 3.8) is 0 Å². The molecule has 0 unspecified atom stereocenters. The van der Waals surface area contributed by atoms with Crippen LogP contribution in [0.5, 0.6) is 0 Å². The molecule has 0 saturated carbocycles. The van der Waals surface area contributed by atoms with E-state index in [2.05, 4.69) is 31.4 Å². The number of aromatic nitrogens is 2. The number of carbonyl (C=O) groups is 2. The largest absolute Gasteiger partial charge is 0.363 e. The predicted octanol–water partition coefficient (Wildman–Crippen LogP) is 2.14. The number of hydrogen-bond acceptors (Lipinski definition) is 6. The molecule has 0 bridgehead atoms. The summed E-state index contributed by atoms with van der Waals surface area (Å²) in [4.78, 5) is 25.7. The van der Waals surface area contributed by atoms with Gasteiger partial charge in [-0.3, -0.25) is 14.5 Å². The van der Waals surface area contributed by atoms with Gasteiger partial charge in [0.15, 0.2) is 0 Å². The lowest BCUT2D eigenvalue weighted by Crippen LogP contribution is -2.29. The Morgan fingerprint density at radius 2 is 2.00 bits per heavy atom. The van der Waals surface area contributed by atoms with E-state index in [0.717, 1.165) is 4.47 Å². The molecule has 0 aliphatic carbocycles. The second-order valence-electron chi connectivity index (χ2n) is 4.14. The van der Waals surface area contributed by atoms with Gasteiger partial charge in [-0.25, -0.2) is 0 Å². The number of nitrogens with zero attached hydrogens (tertiary/aromatic N) is 3. The second kappa shape index (κ2) is 4.95. The molecule has 1 aliphatic heterocycles. The number of benzene rings is 1. The van der Waals surface area contributed by atoms with Gasteiger partial charge < -0.3 is 5.32 Å². The molecule has 1 aromatic carbocycles. The average Bonchev–Trinajstić information content (AvgIpc) is 2.98. The van der Waals surface area contributed by atoms with Gasteiger partial charge in [-0.05, 0) is 18.2 Å². The lowest BCUT2D eigenvalue weighted by molar-refractivity contribution is 0.0642. The molecule has 102 valence electrons. The maximum Gasteiger partial charge on any atom is 0.261 e. The Kier molecular flexibility index (Phi) is 3.27. The molecule has 0 radical (unpaired) electrons. The Morgan fingerprint density at radius 1 is 1.25 bits per heavy atom. The summed E-state index contributed by atoms with van der Waals surface area (Å²) in [5.41, 5.74) is 0.847. The van der Waals surface area contributed by atoms with Gasteiger partial charge in [-0.2, -0.15) is 0 Å². The van der Waals surface area contributed by atoms with Gasteiger partial charge in [0.1, 0.15) is 5.01 Å². The van der Waals surface area contributed by atoms with Crippen LogP contribution in [0, 0.1) is 0 Å². The number of anilines is 1. The molecule has 1 aliphatic rings. The summed E-state index contributed by atoms with van der Waals surface area (Å²) in [6.07, 6.45) is 0. The molecule has 8 heteroatoms. The van der Waals surface area contributed by atoms with Gasteiger partial charge in [0.25, 0.3) is 11.8 Å². The number of hydrogen-bond donors (Lipinski definition) is 1. The summed E-state index contributed by atoms with van der Waals surface area (Å²) in [7, 11) is 1.74. The van der Waals surface area contributed by atoms with E-state index >= 15 is 0 Å². The first-order valence-corrected chi connectivity index (χ1v) is 7.37.